The molecule has 198 valence electrons. The van der Waals surface area contributed by atoms with Crippen molar-refractivity contribution < 1.29 is 14.3 Å². The highest BCUT2D eigenvalue weighted by atomic mass is 16.5. The Bertz CT molecular complexity index is 889. The van der Waals surface area contributed by atoms with Gasteiger partial charge in [0, 0.05) is 24.7 Å². The molecule has 5 aliphatic rings. The Kier molecular flexibility index (Phi) is 5.94. The third-order valence-corrected chi connectivity index (χ3v) is 13.6. The van der Waals surface area contributed by atoms with Gasteiger partial charge < -0.3 is 4.74 Å². The van der Waals surface area contributed by atoms with Crippen LogP contribution in [-0.4, -0.2) is 17.9 Å². The van der Waals surface area contributed by atoms with E-state index in [1.165, 1.54) is 51.4 Å². The van der Waals surface area contributed by atoms with Gasteiger partial charge in [0.1, 0.15) is 11.9 Å². The van der Waals surface area contributed by atoms with Gasteiger partial charge in [-0.3, -0.25) is 9.59 Å². The minimum atomic E-state index is -0.111. The fourth-order valence-electron chi connectivity index (χ4n) is 11.6. The van der Waals surface area contributed by atoms with Gasteiger partial charge in [0.2, 0.25) is 0 Å². The molecule has 9 atom stereocenters. The SMILES string of the molecule is CC(=O)O[C@H]1CCC23CC24CC[C@]2(C)[C@@H]([C@H](C)CCC(=O)C(C)C)CC[C@@]2(C)[C@@H]4CC[C@H]3C1(C)C. The second kappa shape index (κ2) is 8.07. The lowest BCUT2D eigenvalue weighted by atomic mass is 9.41. The molecule has 3 nitrogen and oxygen atoms in total. The monoisotopic (exact) mass is 484 g/mol. The van der Waals surface area contributed by atoms with Crippen molar-refractivity contribution in [2.24, 2.45) is 56.7 Å². The minimum absolute atomic E-state index is 0.0791. The first-order valence-electron chi connectivity index (χ1n) is 15.0. The van der Waals surface area contributed by atoms with E-state index in [2.05, 4.69) is 34.6 Å². The lowest BCUT2D eigenvalue weighted by Crippen LogP contribution is -2.58. The first-order chi connectivity index (χ1) is 16.3. The van der Waals surface area contributed by atoms with Crippen LogP contribution in [0.4, 0.5) is 0 Å². The van der Waals surface area contributed by atoms with Crippen molar-refractivity contribution in [3.63, 3.8) is 0 Å². The van der Waals surface area contributed by atoms with Gasteiger partial charge in [-0.05, 0) is 110 Å². The molecule has 35 heavy (non-hydrogen) atoms. The number of hydrogen-bond donors (Lipinski definition) is 0. The van der Waals surface area contributed by atoms with Crippen LogP contribution in [0, 0.1) is 56.7 Å². The minimum Gasteiger partial charge on any atom is -0.462 e. The third-order valence-electron chi connectivity index (χ3n) is 13.6. The van der Waals surface area contributed by atoms with Crippen LogP contribution < -0.4 is 0 Å². The van der Waals surface area contributed by atoms with E-state index in [0.717, 1.165) is 31.1 Å². The molecule has 0 N–H and O–H groups in total. The summed E-state index contributed by atoms with van der Waals surface area (Å²) in [5, 5.41) is 0. The first-order valence-corrected chi connectivity index (χ1v) is 15.0. The van der Waals surface area contributed by atoms with Crippen LogP contribution in [0.15, 0.2) is 0 Å². The molecule has 5 rings (SSSR count). The van der Waals surface area contributed by atoms with Crippen LogP contribution in [0.3, 0.4) is 0 Å². The molecule has 2 spiro atoms. The van der Waals surface area contributed by atoms with Crippen LogP contribution in [0.5, 0.6) is 0 Å². The maximum atomic E-state index is 12.4. The highest BCUT2D eigenvalue weighted by Gasteiger charge is 2.82. The molecule has 0 aromatic carbocycles. The van der Waals surface area contributed by atoms with Crippen molar-refractivity contribution >= 4 is 11.8 Å². The summed E-state index contributed by atoms with van der Waals surface area (Å²) >= 11 is 0. The Morgan fingerprint density at radius 1 is 0.829 bits per heavy atom. The molecule has 0 radical (unpaired) electrons. The Morgan fingerprint density at radius 3 is 2.14 bits per heavy atom. The third kappa shape index (κ3) is 3.34. The van der Waals surface area contributed by atoms with E-state index >= 15 is 0 Å². The van der Waals surface area contributed by atoms with Crippen molar-refractivity contribution in [2.75, 3.05) is 0 Å². The number of carbonyl (C=O) groups excluding carboxylic acids is 2. The summed E-state index contributed by atoms with van der Waals surface area (Å²) in [6, 6.07) is 0. The van der Waals surface area contributed by atoms with Crippen LogP contribution in [0.25, 0.3) is 0 Å². The molecule has 3 heteroatoms. The van der Waals surface area contributed by atoms with E-state index in [4.69, 9.17) is 4.74 Å². The van der Waals surface area contributed by atoms with Gasteiger partial charge in [-0.1, -0.05) is 48.5 Å². The average molecular weight is 485 g/mol. The molecule has 2 unspecified atom stereocenters. The molecule has 0 aromatic heterocycles. The summed E-state index contributed by atoms with van der Waals surface area (Å²) < 4.78 is 5.89. The topological polar surface area (TPSA) is 43.4 Å². The van der Waals surface area contributed by atoms with Crippen LogP contribution in [0.2, 0.25) is 0 Å². The van der Waals surface area contributed by atoms with E-state index in [1.807, 2.05) is 13.8 Å². The van der Waals surface area contributed by atoms with Crippen molar-refractivity contribution in [2.45, 2.75) is 132 Å². The zero-order valence-corrected chi connectivity index (χ0v) is 24.0. The standard InChI is InChI=1S/C32H52O3/c1-20(2)24(34)10-9-21(3)23-13-15-30(8)26-12-11-25-28(5,6)27(35-22(4)33)14-16-31(25)19-32(26,31)18-17-29(23,30)7/h20-21,23,25-27H,9-19H2,1-8H3/t21-,23-,25+,26+,27+,29-,30+,31?,32?/m1/s1. The van der Waals surface area contributed by atoms with Crippen LogP contribution in [-0.2, 0) is 14.3 Å². The Hall–Kier alpha value is -0.860. The lowest BCUT2D eigenvalue weighted by Gasteiger charge is -2.63. The number of ether oxygens (including phenoxy) is 1. The summed E-state index contributed by atoms with van der Waals surface area (Å²) in [4.78, 5) is 24.2. The lowest BCUT2D eigenvalue weighted by molar-refractivity contribution is -0.181. The summed E-state index contributed by atoms with van der Waals surface area (Å²) in [6.45, 7) is 18.3. The Morgan fingerprint density at radius 2 is 1.49 bits per heavy atom. The highest BCUT2D eigenvalue weighted by molar-refractivity contribution is 5.80. The Labute approximate surface area is 214 Å². The molecule has 0 heterocycles. The maximum absolute atomic E-state index is 12.4. The molecule has 0 aromatic rings. The van der Waals surface area contributed by atoms with Gasteiger partial charge >= 0.3 is 5.97 Å². The summed E-state index contributed by atoms with van der Waals surface area (Å²) in [6.07, 6.45) is 13.8. The fraction of sp³-hybridized carbons (Fsp3) is 0.938. The molecule has 5 saturated carbocycles. The van der Waals surface area contributed by atoms with E-state index in [9.17, 15) is 9.59 Å². The molecule has 0 saturated heterocycles. The number of fused-ring (bicyclic) bond motifs is 2. The van der Waals surface area contributed by atoms with Crippen molar-refractivity contribution in [1.29, 1.82) is 0 Å². The predicted octanol–water partition coefficient (Wildman–Crippen LogP) is 8.00. The van der Waals surface area contributed by atoms with E-state index < -0.39 is 0 Å². The van der Waals surface area contributed by atoms with Gasteiger partial charge in [-0.2, -0.15) is 0 Å². The summed E-state index contributed by atoms with van der Waals surface area (Å²) in [7, 11) is 0. The van der Waals surface area contributed by atoms with Crippen molar-refractivity contribution in [3.05, 3.63) is 0 Å². The molecular weight excluding hydrogens is 432 g/mol. The number of ketones is 1. The Balaban J connectivity index is 1.37. The van der Waals surface area contributed by atoms with Gasteiger partial charge in [0.15, 0.2) is 0 Å². The van der Waals surface area contributed by atoms with Crippen LogP contribution in [0.1, 0.15) is 126 Å². The number of rotatable bonds is 6. The fourth-order valence-corrected chi connectivity index (χ4v) is 11.6. The predicted molar refractivity (Wildman–Crippen MR) is 141 cm³/mol. The number of esters is 1. The van der Waals surface area contributed by atoms with Gasteiger partial charge in [-0.25, -0.2) is 0 Å². The van der Waals surface area contributed by atoms with E-state index in [1.54, 1.807) is 6.92 Å². The number of hydrogen-bond acceptors (Lipinski definition) is 3. The summed E-state index contributed by atoms with van der Waals surface area (Å²) in [5.41, 5.74) is 1.94. The first kappa shape index (κ1) is 25.8. The van der Waals surface area contributed by atoms with Crippen molar-refractivity contribution in [1.82, 2.24) is 0 Å². The molecular formula is C32H52O3. The van der Waals surface area contributed by atoms with Crippen LogP contribution >= 0.6 is 0 Å². The number of Topliss-reactive ketones (excluding diaryl/α,β-unsaturated/α-hetero) is 1. The normalized spacial score (nSPS) is 48.3. The molecule has 0 amide bonds. The smallest absolute Gasteiger partial charge is 0.302 e. The zero-order valence-electron chi connectivity index (χ0n) is 24.0. The van der Waals surface area contributed by atoms with Gasteiger partial charge in [0.05, 0.1) is 0 Å². The average Bonchev–Trinajstić information content (AvgIpc) is 3.36. The second-order valence-electron chi connectivity index (χ2n) is 15.2. The quantitative estimate of drug-likeness (QED) is 0.359. The van der Waals surface area contributed by atoms with E-state index in [-0.39, 0.29) is 23.4 Å². The second-order valence-corrected chi connectivity index (χ2v) is 15.2. The molecule has 5 fully saturated rings. The molecule has 0 bridgehead atoms. The van der Waals surface area contributed by atoms with Gasteiger partial charge in [-0.15, -0.1) is 0 Å². The molecule has 5 aliphatic carbocycles. The zero-order chi connectivity index (χ0) is 25.6. The largest absolute Gasteiger partial charge is 0.462 e. The highest BCUT2D eigenvalue weighted by Crippen LogP contribution is 2.89. The molecule has 0 aliphatic heterocycles. The number of carbonyl (C=O) groups is 2. The summed E-state index contributed by atoms with van der Waals surface area (Å²) in [5.74, 6) is 3.43. The van der Waals surface area contributed by atoms with Crippen molar-refractivity contribution in [3.8, 4) is 0 Å². The van der Waals surface area contributed by atoms with E-state index in [0.29, 0.717) is 39.3 Å². The maximum Gasteiger partial charge on any atom is 0.302 e. The van der Waals surface area contributed by atoms with Gasteiger partial charge in [0.25, 0.3) is 0 Å².